The topological polar surface area (TPSA) is 47.6 Å². The van der Waals surface area contributed by atoms with Gasteiger partial charge in [0.05, 0.1) is 11.5 Å². The minimum absolute atomic E-state index is 0.0149. The molecule has 2 aliphatic heterocycles. The lowest BCUT2D eigenvalue weighted by Crippen LogP contribution is -2.49. The average molecular weight is 466 g/mol. The quantitative estimate of drug-likeness (QED) is 0.432. The molecule has 2 heterocycles. The van der Waals surface area contributed by atoms with Crippen LogP contribution in [0.3, 0.4) is 0 Å². The van der Waals surface area contributed by atoms with Gasteiger partial charge in [0, 0.05) is 25.1 Å². The van der Waals surface area contributed by atoms with Crippen molar-refractivity contribution in [1.82, 2.24) is 5.32 Å². The van der Waals surface area contributed by atoms with Crippen molar-refractivity contribution in [3.05, 3.63) is 48.0 Å². The Morgan fingerprint density at radius 1 is 1.18 bits per heavy atom. The summed E-state index contributed by atoms with van der Waals surface area (Å²) in [5.41, 5.74) is 2.92. The van der Waals surface area contributed by atoms with E-state index in [2.05, 4.69) is 63.0 Å². The first kappa shape index (κ1) is 24.1. The highest BCUT2D eigenvalue weighted by Crippen LogP contribution is 2.56. The number of esters is 1. The molecule has 4 nitrogen and oxygen atoms in total. The normalized spacial score (nSPS) is 38.0. The summed E-state index contributed by atoms with van der Waals surface area (Å²) in [6.45, 7) is 12.8. The number of carbonyl (C=O) groups excluding carboxylic acids is 1. The molecule has 4 heteroatoms. The number of allylic oxidation sites excluding steroid dienone is 1. The molecule has 2 aliphatic carbocycles. The molecule has 186 valence electrons. The monoisotopic (exact) mass is 465 g/mol. The van der Waals surface area contributed by atoms with E-state index in [1.165, 1.54) is 24.0 Å². The first-order valence-electron chi connectivity index (χ1n) is 13.5. The molecule has 0 spiro atoms. The number of benzene rings is 1. The largest absolute Gasteiger partial charge is 0.462 e. The minimum atomic E-state index is -0.0912. The van der Waals surface area contributed by atoms with Crippen LogP contribution in [0, 0.1) is 29.1 Å². The molecular formula is C30H43NO3. The van der Waals surface area contributed by atoms with Crippen LogP contribution in [0.25, 0.3) is 0 Å². The van der Waals surface area contributed by atoms with E-state index in [0.29, 0.717) is 30.3 Å². The van der Waals surface area contributed by atoms with Crippen LogP contribution in [-0.2, 0) is 20.7 Å². The molecule has 1 N–H and O–H groups in total. The Bertz CT molecular complexity index is 896. The molecule has 7 atom stereocenters. The molecule has 2 saturated carbocycles. The Kier molecular flexibility index (Phi) is 6.67. The lowest BCUT2D eigenvalue weighted by atomic mass is 9.55. The molecule has 0 bridgehead atoms. The van der Waals surface area contributed by atoms with Gasteiger partial charge in [0.1, 0.15) is 6.10 Å². The van der Waals surface area contributed by atoms with Gasteiger partial charge in [0.25, 0.3) is 0 Å². The number of fused-ring (bicyclic) bond motifs is 2. The van der Waals surface area contributed by atoms with Gasteiger partial charge < -0.3 is 14.8 Å². The summed E-state index contributed by atoms with van der Waals surface area (Å²) in [6.07, 6.45) is 8.85. The van der Waals surface area contributed by atoms with Gasteiger partial charge in [-0.2, -0.15) is 0 Å². The van der Waals surface area contributed by atoms with Crippen molar-refractivity contribution in [2.24, 2.45) is 29.1 Å². The van der Waals surface area contributed by atoms with E-state index >= 15 is 0 Å². The van der Waals surface area contributed by atoms with Crippen molar-refractivity contribution in [2.45, 2.75) is 89.9 Å². The van der Waals surface area contributed by atoms with Crippen molar-refractivity contribution >= 4 is 5.97 Å². The van der Waals surface area contributed by atoms with E-state index in [0.717, 1.165) is 45.1 Å². The molecule has 0 amide bonds. The van der Waals surface area contributed by atoms with Crippen LogP contribution in [0.4, 0.5) is 0 Å². The van der Waals surface area contributed by atoms with Crippen molar-refractivity contribution < 1.29 is 14.3 Å². The van der Waals surface area contributed by atoms with Crippen molar-refractivity contribution in [3.63, 3.8) is 0 Å². The van der Waals surface area contributed by atoms with Gasteiger partial charge in [-0.25, -0.2) is 0 Å². The molecule has 4 aliphatic rings. The van der Waals surface area contributed by atoms with Crippen LogP contribution in [0.15, 0.2) is 42.5 Å². The molecule has 4 fully saturated rings. The zero-order chi connectivity index (χ0) is 23.9. The minimum Gasteiger partial charge on any atom is -0.462 e. The zero-order valence-electron chi connectivity index (χ0n) is 21.4. The van der Waals surface area contributed by atoms with Crippen LogP contribution in [0.1, 0.15) is 71.3 Å². The van der Waals surface area contributed by atoms with Gasteiger partial charge in [-0.3, -0.25) is 4.79 Å². The second-order valence-electron chi connectivity index (χ2n) is 12.5. The highest BCUT2D eigenvalue weighted by Gasteiger charge is 2.55. The molecule has 34 heavy (non-hydrogen) atoms. The molecule has 0 unspecified atom stereocenters. The maximum atomic E-state index is 13.1. The predicted octanol–water partition coefficient (Wildman–Crippen LogP) is 5.71. The first-order valence-corrected chi connectivity index (χ1v) is 13.5. The van der Waals surface area contributed by atoms with E-state index in [1.807, 2.05) is 0 Å². The third kappa shape index (κ3) is 4.86. The summed E-state index contributed by atoms with van der Waals surface area (Å²) in [6, 6.07) is 11.1. The maximum absolute atomic E-state index is 13.1. The number of rotatable bonds is 6. The summed E-state index contributed by atoms with van der Waals surface area (Å²) < 4.78 is 12.0. The molecule has 1 aromatic carbocycles. The summed E-state index contributed by atoms with van der Waals surface area (Å²) in [5.74, 6) is 1.36. The Hall–Kier alpha value is -1.65. The summed E-state index contributed by atoms with van der Waals surface area (Å²) >= 11 is 0. The highest BCUT2D eigenvalue weighted by atomic mass is 16.6. The van der Waals surface area contributed by atoms with Crippen LogP contribution < -0.4 is 5.32 Å². The van der Waals surface area contributed by atoms with E-state index in [4.69, 9.17) is 9.47 Å². The third-order valence-electron chi connectivity index (χ3n) is 9.52. The number of nitrogens with one attached hydrogen (secondary N) is 1. The predicted molar refractivity (Wildman–Crippen MR) is 135 cm³/mol. The Labute approximate surface area is 205 Å². The van der Waals surface area contributed by atoms with Crippen molar-refractivity contribution in [3.8, 4) is 0 Å². The second-order valence-corrected chi connectivity index (χ2v) is 12.5. The summed E-state index contributed by atoms with van der Waals surface area (Å²) in [4.78, 5) is 13.1. The molecule has 1 aromatic rings. The fourth-order valence-corrected chi connectivity index (χ4v) is 7.66. The van der Waals surface area contributed by atoms with Crippen molar-refractivity contribution in [2.75, 3.05) is 13.2 Å². The van der Waals surface area contributed by atoms with Crippen LogP contribution in [0.5, 0.6) is 0 Å². The van der Waals surface area contributed by atoms with Crippen molar-refractivity contribution in [1.29, 1.82) is 0 Å². The van der Waals surface area contributed by atoms with Gasteiger partial charge in [-0.15, -0.1) is 0 Å². The van der Waals surface area contributed by atoms with Gasteiger partial charge in [-0.05, 0) is 88.0 Å². The Morgan fingerprint density at radius 2 is 1.97 bits per heavy atom. The average Bonchev–Trinajstić information content (AvgIpc) is 3.08. The van der Waals surface area contributed by atoms with E-state index < -0.39 is 0 Å². The van der Waals surface area contributed by atoms with Crippen LogP contribution >= 0.6 is 0 Å². The van der Waals surface area contributed by atoms with Gasteiger partial charge in [0.2, 0.25) is 0 Å². The summed E-state index contributed by atoms with van der Waals surface area (Å²) in [7, 11) is 0. The van der Waals surface area contributed by atoms with Crippen LogP contribution in [-0.4, -0.2) is 36.9 Å². The Balaban J connectivity index is 1.30. The molecule has 0 aromatic heterocycles. The van der Waals surface area contributed by atoms with E-state index in [-0.39, 0.29) is 29.0 Å². The highest BCUT2D eigenvalue weighted by molar-refractivity contribution is 5.75. The van der Waals surface area contributed by atoms with E-state index in [1.54, 1.807) is 0 Å². The third-order valence-corrected chi connectivity index (χ3v) is 9.52. The molecule has 0 radical (unpaired) electrons. The fraction of sp³-hybridized carbons (Fsp3) is 0.700. The Morgan fingerprint density at radius 3 is 2.74 bits per heavy atom. The number of hydrogen-bond donors (Lipinski definition) is 1. The fourth-order valence-electron chi connectivity index (χ4n) is 7.66. The van der Waals surface area contributed by atoms with E-state index in [9.17, 15) is 4.79 Å². The standard InChI is InChI=1S/C30H43NO3/c1-20-9-8-13-30(4)18-27-23(16-25(20)30)24(28(32)34-27)19-31-26(15-21-10-6-5-7-11-21)22-12-14-33-29(2,3)17-22/h5-7,10-11,22-27,31H,1,8-9,12-19H2,2-4H3/t22-,23+,24+,25+,26+,27+,30+/m0/s1. The molecule has 2 saturated heterocycles. The number of carbonyl (C=O) groups is 1. The second kappa shape index (κ2) is 9.43. The molecular weight excluding hydrogens is 422 g/mol. The number of ether oxygens (including phenoxy) is 2. The SMILES string of the molecule is C=C1CCC[C@]2(C)C[C@H]3OC(=O)[C@H](CN[C@H](Cc4ccccc4)[C@H]4CCOC(C)(C)C4)[C@H]3C[C@H]12. The van der Waals surface area contributed by atoms with Gasteiger partial charge in [-0.1, -0.05) is 49.4 Å². The lowest BCUT2D eigenvalue weighted by Gasteiger charge is -2.50. The lowest BCUT2D eigenvalue weighted by molar-refractivity contribution is -0.146. The smallest absolute Gasteiger partial charge is 0.310 e. The zero-order valence-corrected chi connectivity index (χ0v) is 21.4. The van der Waals surface area contributed by atoms with Gasteiger partial charge in [0.15, 0.2) is 0 Å². The number of hydrogen-bond acceptors (Lipinski definition) is 4. The van der Waals surface area contributed by atoms with Gasteiger partial charge >= 0.3 is 5.97 Å². The maximum Gasteiger partial charge on any atom is 0.310 e. The van der Waals surface area contributed by atoms with Crippen LogP contribution in [0.2, 0.25) is 0 Å². The summed E-state index contributed by atoms with van der Waals surface area (Å²) in [5, 5.41) is 3.90. The first-order chi connectivity index (χ1) is 16.2. The molecule has 5 rings (SSSR count).